The van der Waals surface area contributed by atoms with Crippen LogP contribution in [0.25, 0.3) is 0 Å². The normalized spacial score (nSPS) is 28.0. The highest BCUT2D eigenvalue weighted by atomic mass is 19.4. The van der Waals surface area contributed by atoms with Crippen LogP contribution < -0.4 is 5.32 Å². The first-order valence-corrected chi connectivity index (χ1v) is 6.87. The zero-order valence-electron chi connectivity index (χ0n) is 11.6. The first-order valence-electron chi connectivity index (χ1n) is 6.87. The van der Waals surface area contributed by atoms with Gasteiger partial charge in [0.05, 0.1) is 17.3 Å². The van der Waals surface area contributed by atoms with Crippen molar-refractivity contribution < 1.29 is 18.0 Å². The van der Waals surface area contributed by atoms with E-state index in [9.17, 15) is 18.0 Å². The molecule has 114 valence electrons. The number of rotatable bonds is 1. The summed E-state index contributed by atoms with van der Waals surface area (Å²) in [5, 5.41) is 2.61. The molecule has 1 aliphatic carbocycles. The van der Waals surface area contributed by atoms with Crippen LogP contribution in [0.3, 0.4) is 0 Å². The summed E-state index contributed by atoms with van der Waals surface area (Å²) in [5.41, 5.74) is -0.385. The van der Waals surface area contributed by atoms with E-state index in [4.69, 9.17) is 0 Å². The molecule has 0 radical (unpaired) electrons. The first kappa shape index (κ1) is 14.2. The largest absolute Gasteiger partial charge is 0.396 e. The number of pyridine rings is 1. The number of carbonyl (C=O) groups is 1. The Morgan fingerprint density at radius 2 is 2.24 bits per heavy atom. The summed E-state index contributed by atoms with van der Waals surface area (Å²) in [6, 6.07) is 2.93. The Kier molecular flexibility index (Phi) is 3.11. The SMILES string of the molecule is Cc1ccc(NC(=O)N2C[C@@H]3CC[C@]3(C(F)(F)F)C2)cn1. The number of aromatic nitrogens is 1. The maximum atomic E-state index is 13.2. The Labute approximate surface area is 120 Å². The number of amides is 2. The number of carbonyl (C=O) groups excluding carboxylic acids is 1. The molecule has 1 saturated carbocycles. The highest BCUT2D eigenvalue weighted by Crippen LogP contribution is 2.60. The van der Waals surface area contributed by atoms with Gasteiger partial charge >= 0.3 is 12.2 Å². The minimum absolute atomic E-state index is 0.122. The fourth-order valence-electron chi connectivity index (χ4n) is 3.20. The summed E-state index contributed by atoms with van der Waals surface area (Å²) < 4.78 is 39.6. The molecule has 0 spiro atoms. The number of urea groups is 1. The monoisotopic (exact) mass is 299 g/mol. The van der Waals surface area contributed by atoms with Gasteiger partial charge in [-0.2, -0.15) is 13.2 Å². The number of aryl methyl sites for hydroxylation is 1. The summed E-state index contributed by atoms with van der Waals surface area (Å²) in [7, 11) is 0. The van der Waals surface area contributed by atoms with Gasteiger partial charge in [0.25, 0.3) is 0 Å². The topological polar surface area (TPSA) is 45.2 Å². The molecule has 2 atom stereocenters. The molecule has 2 aliphatic rings. The predicted octanol–water partition coefficient (Wildman–Crippen LogP) is 3.20. The van der Waals surface area contributed by atoms with Gasteiger partial charge in [-0.3, -0.25) is 4.98 Å². The van der Waals surface area contributed by atoms with Crippen LogP contribution >= 0.6 is 0 Å². The third kappa shape index (κ3) is 2.24. The van der Waals surface area contributed by atoms with Crippen molar-refractivity contribution in [2.24, 2.45) is 11.3 Å². The average molecular weight is 299 g/mol. The van der Waals surface area contributed by atoms with Crippen molar-refractivity contribution in [2.75, 3.05) is 18.4 Å². The highest BCUT2D eigenvalue weighted by molar-refractivity contribution is 5.89. The molecular weight excluding hydrogens is 283 g/mol. The van der Waals surface area contributed by atoms with Gasteiger partial charge in [0.15, 0.2) is 0 Å². The zero-order chi connectivity index (χ0) is 15.3. The summed E-state index contributed by atoms with van der Waals surface area (Å²) in [5.74, 6) is -0.459. The number of anilines is 1. The molecule has 0 aromatic carbocycles. The van der Waals surface area contributed by atoms with Crippen molar-refractivity contribution in [1.29, 1.82) is 0 Å². The standard InChI is InChI=1S/C14H16F3N3O/c1-9-2-3-11(6-18-9)19-12(21)20-7-10-4-5-13(10,8-20)14(15,16)17/h2-3,6,10H,4-5,7-8H2,1H3,(H,19,21)/t10-,13-/m0/s1. The molecule has 1 saturated heterocycles. The molecule has 1 aliphatic heterocycles. The van der Waals surface area contributed by atoms with E-state index in [1.54, 1.807) is 12.1 Å². The minimum Gasteiger partial charge on any atom is -0.323 e. The lowest BCUT2D eigenvalue weighted by atomic mass is 9.61. The van der Waals surface area contributed by atoms with Gasteiger partial charge in [-0.15, -0.1) is 0 Å². The van der Waals surface area contributed by atoms with Crippen molar-refractivity contribution in [3.63, 3.8) is 0 Å². The molecule has 21 heavy (non-hydrogen) atoms. The van der Waals surface area contributed by atoms with Crippen LogP contribution in [-0.4, -0.2) is 35.2 Å². The van der Waals surface area contributed by atoms with Crippen molar-refractivity contribution in [3.05, 3.63) is 24.0 Å². The molecule has 7 heteroatoms. The van der Waals surface area contributed by atoms with E-state index in [-0.39, 0.29) is 19.5 Å². The van der Waals surface area contributed by atoms with Crippen molar-refractivity contribution in [1.82, 2.24) is 9.88 Å². The number of halogens is 3. The highest BCUT2D eigenvalue weighted by Gasteiger charge is 2.68. The molecule has 4 nitrogen and oxygen atoms in total. The van der Waals surface area contributed by atoms with Gasteiger partial charge in [0.1, 0.15) is 0 Å². The summed E-state index contributed by atoms with van der Waals surface area (Å²) in [6.07, 6.45) is -2.08. The molecule has 1 aromatic heterocycles. The van der Waals surface area contributed by atoms with Crippen molar-refractivity contribution >= 4 is 11.7 Å². The van der Waals surface area contributed by atoms with Crippen LogP contribution in [-0.2, 0) is 0 Å². The molecule has 1 N–H and O–H groups in total. The van der Waals surface area contributed by atoms with Crippen LogP contribution in [0.4, 0.5) is 23.7 Å². The molecule has 0 bridgehead atoms. The Balaban J connectivity index is 1.69. The van der Waals surface area contributed by atoms with Crippen molar-refractivity contribution in [2.45, 2.75) is 25.9 Å². The number of nitrogens with one attached hydrogen (secondary N) is 1. The Morgan fingerprint density at radius 1 is 1.48 bits per heavy atom. The van der Waals surface area contributed by atoms with Gasteiger partial charge in [0, 0.05) is 18.8 Å². The minimum atomic E-state index is -4.24. The summed E-state index contributed by atoms with van der Waals surface area (Å²) in [4.78, 5) is 17.4. The van der Waals surface area contributed by atoms with Gasteiger partial charge < -0.3 is 10.2 Å². The lowest BCUT2D eigenvalue weighted by Gasteiger charge is -2.44. The van der Waals surface area contributed by atoms with Crippen LogP contribution in [0.1, 0.15) is 18.5 Å². The lowest BCUT2D eigenvalue weighted by Crippen LogP contribution is -2.51. The van der Waals surface area contributed by atoms with Gasteiger partial charge in [0.2, 0.25) is 0 Å². The number of fused-ring (bicyclic) bond motifs is 1. The predicted molar refractivity (Wildman–Crippen MR) is 70.8 cm³/mol. The second-order valence-electron chi connectivity index (χ2n) is 5.89. The van der Waals surface area contributed by atoms with E-state index in [0.29, 0.717) is 12.1 Å². The fourth-order valence-corrected chi connectivity index (χ4v) is 3.20. The van der Waals surface area contributed by atoms with E-state index in [1.807, 2.05) is 6.92 Å². The summed E-state index contributed by atoms with van der Waals surface area (Å²) in [6.45, 7) is 1.74. The van der Waals surface area contributed by atoms with E-state index in [0.717, 1.165) is 5.69 Å². The quantitative estimate of drug-likeness (QED) is 0.865. The average Bonchev–Trinajstić information content (AvgIpc) is 2.65. The Hall–Kier alpha value is -1.79. The van der Waals surface area contributed by atoms with Crippen molar-refractivity contribution in [3.8, 4) is 0 Å². The fraction of sp³-hybridized carbons (Fsp3) is 0.571. The number of nitrogens with zero attached hydrogens (tertiary/aromatic N) is 2. The van der Waals surface area contributed by atoms with Crippen LogP contribution in [0.2, 0.25) is 0 Å². The third-order valence-corrected chi connectivity index (χ3v) is 4.65. The van der Waals surface area contributed by atoms with Gasteiger partial charge in [-0.25, -0.2) is 4.79 Å². The molecule has 1 aromatic rings. The van der Waals surface area contributed by atoms with Crippen LogP contribution in [0.5, 0.6) is 0 Å². The molecule has 2 amide bonds. The zero-order valence-corrected chi connectivity index (χ0v) is 11.6. The lowest BCUT2D eigenvalue weighted by molar-refractivity contribution is -0.259. The molecule has 2 heterocycles. The number of likely N-dealkylation sites (tertiary alicyclic amines) is 1. The third-order valence-electron chi connectivity index (χ3n) is 4.65. The van der Waals surface area contributed by atoms with E-state index in [1.165, 1.54) is 11.1 Å². The molecular formula is C14H16F3N3O. The van der Waals surface area contributed by atoms with Gasteiger partial charge in [-0.1, -0.05) is 0 Å². The maximum absolute atomic E-state index is 13.2. The van der Waals surface area contributed by atoms with E-state index < -0.39 is 23.5 Å². The molecule has 0 unspecified atom stereocenters. The van der Waals surface area contributed by atoms with E-state index >= 15 is 0 Å². The number of hydrogen-bond donors (Lipinski definition) is 1. The summed E-state index contributed by atoms with van der Waals surface area (Å²) >= 11 is 0. The smallest absolute Gasteiger partial charge is 0.323 e. The first-order chi connectivity index (χ1) is 9.82. The number of hydrogen-bond acceptors (Lipinski definition) is 2. The Bertz CT molecular complexity index is 558. The number of alkyl halides is 3. The second kappa shape index (κ2) is 4.61. The van der Waals surface area contributed by atoms with Crippen LogP contribution in [0, 0.1) is 18.3 Å². The second-order valence-corrected chi connectivity index (χ2v) is 5.89. The van der Waals surface area contributed by atoms with E-state index in [2.05, 4.69) is 10.3 Å². The van der Waals surface area contributed by atoms with Gasteiger partial charge in [-0.05, 0) is 37.8 Å². The molecule has 3 rings (SSSR count). The van der Waals surface area contributed by atoms with Crippen LogP contribution in [0.15, 0.2) is 18.3 Å². The maximum Gasteiger partial charge on any atom is 0.396 e. The molecule has 2 fully saturated rings. The Morgan fingerprint density at radius 3 is 2.71 bits per heavy atom.